The molecule has 1 unspecified atom stereocenters. The van der Waals surface area contributed by atoms with Crippen molar-refractivity contribution in [2.45, 2.75) is 50.5 Å². The van der Waals surface area contributed by atoms with Crippen molar-refractivity contribution in [1.29, 1.82) is 0 Å². The molecule has 0 aliphatic heterocycles. The van der Waals surface area contributed by atoms with Gasteiger partial charge < -0.3 is 11.1 Å². The van der Waals surface area contributed by atoms with Gasteiger partial charge in [0.15, 0.2) is 0 Å². The summed E-state index contributed by atoms with van der Waals surface area (Å²) in [6.45, 7) is 0. The molecule has 20 heavy (non-hydrogen) atoms. The van der Waals surface area contributed by atoms with Gasteiger partial charge in [0.1, 0.15) is 0 Å². The van der Waals surface area contributed by atoms with Crippen molar-refractivity contribution in [2.75, 3.05) is 5.73 Å². The lowest BCUT2D eigenvalue weighted by Crippen LogP contribution is -2.37. The van der Waals surface area contributed by atoms with Crippen molar-refractivity contribution >= 4 is 11.6 Å². The van der Waals surface area contributed by atoms with E-state index < -0.39 is 18.8 Å². The molecule has 3 nitrogen and oxygen atoms in total. The molecule has 0 saturated heterocycles. The number of alkyl halides is 2. The molecule has 1 aliphatic rings. The van der Waals surface area contributed by atoms with E-state index in [0.29, 0.717) is 11.3 Å². The smallest absolute Gasteiger partial charge is 0.239 e. The second kappa shape index (κ2) is 6.68. The number of hydrogen-bond donors (Lipinski definition) is 2. The number of carbonyl (C=O) groups is 1. The van der Waals surface area contributed by atoms with Crippen LogP contribution in [0.15, 0.2) is 24.3 Å². The van der Waals surface area contributed by atoms with E-state index in [9.17, 15) is 13.6 Å². The number of amides is 1. The first-order valence-electron chi connectivity index (χ1n) is 7.00. The zero-order valence-corrected chi connectivity index (χ0v) is 11.3. The average molecular weight is 282 g/mol. The lowest BCUT2D eigenvalue weighted by molar-refractivity contribution is -0.124. The van der Waals surface area contributed by atoms with E-state index in [1.54, 1.807) is 24.3 Å². The molecule has 3 N–H and O–H groups in total. The first-order chi connectivity index (χ1) is 9.56. The molecule has 1 atom stereocenters. The molecule has 110 valence electrons. The second-order valence-electron chi connectivity index (χ2n) is 5.34. The lowest BCUT2D eigenvalue weighted by atomic mass is 9.94. The number of halogens is 2. The van der Waals surface area contributed by atoms with Gasteiger partial charge in [-0.1, -0.05) is 25.0 Å². The average Bonchev–Trinajstić information content (AvgIpc) is 2.89. The Balaban J connectivity index is 2.09. The molecule has 5 heteroatoms. The third-order valence-corrected chi connectivity index (χ3v) is 3.77. The van der Waals surface area contributed by atoms with Gasteiger partial charge in [0, 0.05) is 18.2 Å². The van der Waals surface area contributed by atoms with E-state index in [1.165, 1.54) is 0 Å². The van der Waals surface area contributed by atoms with Crippen molar-refractivity contribution < 1.29 is 13.6 Å². The van der Waals surface area contributed by atoms with Crippen LogP contribution in [-0.4, -0.2) is 18.4 Å². The van der Waals surface area contributed by atoms with Crippen LogP contribution in [0.25, 0.3) is 0 Å². The Bertz CT molecular complexity index is 442. The van der Waals surface area contributed by atoms with E-state index >= 15 is 0 Å². The number of benzene rings is 1. The summed E-state index contributed by atoms with van der Waals surface area (Å²) in [5.74, 6) is -1.11. The molecule has 0 radical (unpaired) electrons. The van der Waals surface area contributed by atoms with Gasteiger partial charge in [-0.15, -0.1) is 0 Å². The van der Waals surface area contributed by atoms with E-state index in [-0.39, 0.29) is 11.9 Å². The molecule has 2 rings (SSSR count). The van der Waals surface area contributed by atoms with E-state index in [2.05, 4.69) is 5.32 Å². The minimum atomic E-state index is -2.51. The number of nitrogens with two attached hydrogens (primary N) is 1. The molecule has 1 aromatic rings. The minimum Gasteiger partial charge on any atom is -0.399 e. The summed E-state index contributed by atoms with van der Waals surface area (Å²) in [6, 6.07) is 6.71. The predicted molar refractivity (Wildman–Crippen MR) is 74.6 cm³/mol. The summed E-state index contributed by atoms with van der Waals surface area (Å²) in [5.41, 5.74) is 6.74. The third-order valence-electron chi connectivity index (χ3n) is 3.77. The van der Waals surface area contributed by atoms with Crippen molar-refractivity contribution in [2.24, 2.45) is 0 Å². The summed E-state index contributed by atoms with van der Waals surface area (Å²) >= 11 is 0. The zero-order chi connectivity index (χ0) is 14.5. The highest BCUT2D eigenvalue weighted by atomic mass is 19.3. The Morgan fingerprint density at radius 3 is 2.40 bits per heavy atom. The van der Waals surface area contributed by atoms with Crippen LogP contribution < -0.4 is 11.1 Å². The molecule has 0 bridgehead atoms. The van der Waals surface area contributed by atoms with Gasteiger partial charge >= 0.3 is 0 Å². The van der Waals surface area contributed by atoms with E-state index in [4.69, 9.17) is 5.73 Å². The number of nitrogen functional groups attached to an aromatic ring is 1. The Morgan fingerprint density at radius 2 is 1.85 bits per heavy atom. The maximum atomic E-state index is 12.7. The van der Waals surface area contributed by atoms with Crippen LogP contribution >= 0.6 is 0 Å². The molecule has 1 amide bonds. The number of hydrogen-bond acceptors (Lipinski definition) is 2. The van der Waals surface area contributed by atoms with E-state index in [1.807, 2.05) is 0 Å². The molecular weight excluding hydrogens is 262 g/mol. The highest BCUT2D eigenvalue weighted by Gasteiger charge is 2.27. The topological polar surface area (TPSA) is 55.1 Å². The van der Waals surface area contributed by atoms with Crippen LogP contribution in [0.3, 0.4) is 0 Å². The van der Waals surface area contributed by atoms with Gasteiger partial charge in [0.25, 0.3) is 0 Å². The predicted octanol–water partition coefficient (Wildman–Crippen LogP) is 3.07. The van der Waals surface area contributed by atoms with Crippen LogP contribution in [0, 0.1) is 0 Å². The monoisotopic (exact) mass is 282 g/mol. The quantitative estimate of drug-likeness (QED) is 0.815. The maximum absolute atomic E-state index is 12.7. The molecule has 0 aromatic heterocycles. The first-order valence-corrected chi connectivity index (χ1v) is 7.00. The largest absolute Gasteiger partial charge is 0.399 e. The van der Waals surface area contributed by atoms with Crippen molar-refractivity contribution in [3.63, 3.8) is 0 Å². The molecular formula is C15H20F2N2O. The highest BCUT2D eigenvalue weighted by Crippen LogP contribution is 2.26. The fraction of sp³-hybridized carbons (Fsp3) is 0.533. The van der Waals surface area contributed by atoms with Crippen LogP contribution in [0.4, 0.5) is 14.5 Å². The van der Waals surface area contributed by atoms with Gasteiger partial charge in [-0.3, -0.25) is 4.79 Å². The van der Waals surface area contributed by atoms with Crippen LogP contribution in [-0.2, 0) is 4.79 Å². The maximum Gasteiger partial charge on any atom is 0.239 e. The fourth-order valence-corrected chi connectivity index (χ4v) is 2.67. The summed E-state index contributed by atoms with van der Waals surface area (Å²) < 4.78 is 25.4. The first kappa shape index (κ1) is 14.8. The van der Waals surface area contributed by atoms with Gasteiger partial charge in [-0.2, -0.15) is 0 Å². The second-order valence-corrected chi connectivity index (χ2v) is 5.34. The van der Waals surface area contributed by atoms with Crippen molar-refractivity contribution in [3.05, 3.63) is 29.8 Å². The molecule has 0 heterocycles. The molecule has 1 fully saturated rings. The number of rotatable bonds is 5. The number of nitrogens with one attached hydrogen (secondary N) is 1. The molecule has 1 aliphatic carbocycles. The Labute approximate surface area is 117 Å². The van der Waals surface area contributed by atoms with Gasteiger partial charge in [0.2, 0.25) is 12.3 Å². The zero-order valence-electron chi connectivity index (χ0n) is 11.3. The summed E-state index contributed by atoms with van der Waals surface area (Å²) in [6.07, 6.45) is 1.09. The SMILES string of the molecule is Nc1ccc(C(CC(F)F)C(=O)NC2CCCC2)cc1. The van der Waals surface area contributed by atoms with Crippen molar-refractivity contribution in [1.82, 2.24) is 5.32 Å². The minimum absolute atomic E-state index is 0.136. The lowest BCUT2D eigenvalue weighted by Gasteiger charge is -2.20. The van der Waals surface area contributed by atoms with Crippen molar-refractivity contribution in [3.8, 4) is 0 Å². The number of carbonyl (C=O) groups excluding carboxylic acids is 1. The fourth-order valence-electron chi connectivity index (χ4n) is 2.67. The Kier molecular flexibility index (Phi) is 4.93. The standard InChI is InChI=1S/C15H20F2N2O/c16-14(17)9-13(10-5-7-11(18)8-6-10)15(20)19-12-3-1-2-4-12/h5-8,12-14H,1-4,9,18H2,(H,19,20). The van der Waals surface area contributed by atoms with Gasteiger partial charge in [-0.25, -0.2) is 8.78 Å². The molecule has 0 spiro atoms. The third kappa shape index (κ3) is 3.92. The van der Waals surface area contributed by atoms with Gasteiger partial charge in [-0.05, 0) is 30.5 Å². The summed E-state index contributed by atoms with van der Waals surface area (Å²) in [7, 11) is 0. The van der Waals surface area contributed by atoms with E-state index in [0.717, 1.165) is 25.7 Å². The van der Waals surface area contributed by atoms with Crippen LogP contribution in [0.1, 0.15) is 43.6 Å². The Hall–Kier alpha value is -1.65. The van der Waals surface area contributed by atoms with Gasteiger partial charge in [0.05, 0.1) is 5.92 Å². The van der Waals surface area contributed by atoms with Crippen LogP contribution in [0.2, 0.25) is 0 Å². The summed E-state index contributed by atoms with van der Waals surface area (Å²) in [4.78, 5) is 12.2. The summed E-state index contributed by atoms with van der Waals surface area (Å²) in [5, 5.41) is 2.89. The normalized spacial score (nSPS) is 17.4. The molecule has 1 saturated carbocycles. The highest BCUT2D eigenvalue weighted by molar-refractivity contribution is 5.84. The molecule has 1 aromatic carbocycles. The van der Waals surface area contributed by atoms with Crippen LogP contribution in [0.5, 0.6) is 0 Å². The number of anilines is 1. The Morgan fingerprint density at radius 1 is 1.25 bits per heavy atom.